The molecule has 0 aromatic carbocycles. The highest BCUT2D eigenvalue weighted by Gasteiger charge is 2.10. The van der Waals surface area contributed by atoms with E-state index in [0.29, 0.717) is 11.6 Å². The zero-order valence-electron chi connectivity index (χ0n) is 10.1. The topological polar surface area (TPSA) is 121 Å². The molecule has 20 heavy (non-hydrogen) atoms. The fourth-order valence-corrected chi connectivity index (χ4v) is 1.58. The fraction of sp³-hybridized carbons (Fsp3) is 0. The summed E-state index contributed by atoms with van der Waals surface area (Å²) in [6.07, 6.45) is 5.93. The summed E-state index contributed by atoms with van der Waals surface area (Å²) in [4.78, 5) is 35.4. The van der Waals surface area contributed by atoms with Gasteiger partial charge in [0.05, 0.1) is 0 Å². The molecular weight excluding hydrogens is 262 g/mol. The van der Waals surface area contributed by atoms with Gasteiger partial charge in [-0.15, -0.1) is 0 Å². The number of carbonyl (C=O) groups is 1. The van der Waals surface area contributed by atoms with Crippen molar-refractivity contribution in [1.82, 2.24) is 29.7 Å². The summed E-state index contributed by atoms with van der Waals surface area (Å²) in [7, 11) is 0. The number of anilines is 1. The SMILES string of the molecule is O=C(Nc1cc(-n2cccn2)ncn1)c1c[nH]c(=O)[nH]1. The quantitative estimate of drug-likeness (QED) is 0.615. The fourth-order valence-electron chi connectivity index (χ4n) is 1.58. The van der Waals surface area contributed by atoms with Gasteiger partial charge in [0.1, 0.15) is 17.8 Å². The van der Waals surface area contributed by atoms with E-state index >= 15 is 0 Å². The first kappa shape index (κ1) is 11.8. The van der Waals surface area contributed by atoms with Crippen LogP contribution in [0.25, 0.3) is 5.82 Å². The molecule has 0 atom stereocenters. The molecule has 0 saturated carbocycles. The summed E-state index contributed by atoms with van der Waals surface area (Å²) in [5.41, 5.74) is -0.329. The summed E-state index contributed by atoms with van der Waals surface area (Å²) >= 11 is 0. The van der Waals surface area contributed by atoms with Crippen LogP contribution in [0.2, 0.25) is 0 Å². The van der Waals surface area contributed by atoms with Crippen LogP contribution in [-0.4, -0.2) is 35.6 Å². The van der Waals surface area contributed by atoms with E-state index in [2.05, 4.69) is 30.4 Å². The summed E-state index contributed by atoms with van der Waals surface area (Å²) < 4.78 is 1.54. The molecular formula is C11H9N7O2. The van der Waals surface area contributed by atoms with E-state index in [4.69, 9.17) is 0 Å². The number of carbonyl (C=O) groups excluding carboxylic acids is 1. The first-order chi connectivity index (χ1) is 9.72. The molecule has 0 spiro atoms. The number of amides is 1. The summed E-state index contributed by atoms with van der Waals surface area (Å²) in [6.45, 7) is 0. The van der Waals surface area contributed by atoms with E-state index in [1.807, 2.05) is 0 Å². The van der Waals surface area contributed by atoms with Gasteiger partial charge in [-0.2, -0.15) is 5.10 Å². The van der Waals surface area contributed by atoms with Crippen molar-refractivity contribution in [1.29, 1.82) is 0 Å². The monoisotopic (exact) mass is 271 g/mol. The number of nitrogens with zero attached hydrogens (tertiary/aromatic N) is 4. The van der Waals surface area contributed by atoms with E-state index in [9.17, 15) is 9.59 Å². The minimum Gasteiger partial charge on any atom is -0.312 e. The number of rotatable bonds is 3. The van der Waals surface area contributed by atoms with Crippen molar-refractivity contribution in [2.75, 3.05) is 5.32 Å². The molecule has 0 radical (unpaired) electrons. The summed E-state index contributed by atoms with van der Waals surface area (Å²) in [6, 6.07) is 3.32. The second-order valence-corrected chi connectivity index (χ2v) is 3.82. The first-order valence-corrected chi connectivity index (χ1v) is 5.63. The van der Waals surface area contributed by atoms with Gasteiger partial charge in [0.2, 0.25) is 0 Å². The minimum absolute atomic E-state index is 0.120. The number of nitrogens with one attached hydrogen (secondary N) is 3. The molecule has 9 heteroatoms. The zero-order chi connectivity index (χ0) is 13.9. The van der Waals surface area contributed by atoms with Gasteiger partial charge in [-0.05, 0) is 6.07 Å². The van der Waals surface area contributed by atoms with Crippen LogP contribution < -0.4 is 11.0 Å². The molecule has 9 nitrogen and oxygen atoms in total. The van der Waals surface area contributed by atoms with Gasteiger partial charge in [-0.25, -0.2) is 19.4 Å². The van der Waals surface area contributed by atoms with Gasteiger partial charge < -0.3 is 15.3 Å². The third-order valence-corrected chi connectivity index (χ3v) is 2.47. The highest BCUT2D eigenvalue weighted by atomic mass is 16.2. The standard InChI is InChI=1S/C11H9N7O2/c19-10(7-5-12-11(20)16-7)17-8-4-9(14-6-13-8)18-3-1-2-15-18/h1-6H,(H2,12,16,20)(H,13,14,17,19). The molecule has 0 saturated heterocycles. The van der Waals surface area contributed by atoms with Crippen molar-refractivity contribution < 1.29 is 4.79 Å². The lowest BCUT2D eigenvalue weighted by molar-refractivity contribution is 0.102. The molecule has 100 valence electrons. The molecule has 0 aliphatic rings. The number of hydrogen-bond donors (Lipinski definition) is 3. The Morgan fingerprint density at radius 1 is 1.35 bits per heavy atom. The number of imidazole rings is 1. The minimum atomic E-state index is -0.478. The summed E-state index contributed by atoms with van der Waals surface area (Å²) in [5.74, 6) is 0.342. The highest BCUT2D eigenvalue weighted by molar-refractivity contribution is 6.02. The molecule has 0 bridgehead atoms. The van der Waals surface area contributed by atoms with Crippen molar-refractivity contribution in [3.05, 3.63) is 53.2 Å². The molecule has 0 unspecified atom stereocenters. The molecule has 0 aliphatic carbocycles. The van der Waals surface area contributed by atoms with E-state index in [0.717, 1.165) is 0 Å². The summed E-state index contributed by atoms with van der Waals surface area (Å²) in [5, 5.41) is 6.58. The van der Waals surface area contributed by atoms with E-state index in [1.165, 1.54) is 17.2 Å². The maximum absolute atomic E-state index is 11.8. The van der Waals surface area contributed by atoms with E-state index in [-0.39, 0.29) is 5.69 Å². The van der Waals surface area contributed by atoms with E-state index in [1.54, 1.807) is 24.5 Å². The van der Waals surface area contributed by atoms with Crippen LogP contribution in [0.3, 0.4) is 0 Å². The van der Waals surface area contributed by atoms with Gasteiger partial charge in [-0.3, -0.25) is 4.79 Å². The largest absolute Gasteiger partial charge is 0.323 e. The van der Waals surface area contributed by atoms with Crippen molar-refractivity contribution in [3.63, 3.8) is 0 Å². The molecule has 0 fully saturated rings. The normalized spacial score (nSPS) is 10.4. The first-order valence-electron chi connectivity index (χ1n) is 5.63. The van der Waals surface area contributed by atoms with Gasteiger partial charge in [0.15, 0.2) is 5.82 Å². The molecule has 3 aromatic heterocycles. The third kappa shape index (κ3) is 2.32. The Labute approximate surface area is 111 Å². The Kier molecular flexibility index (Phi) is 2.84. The Morgan fingerprint density at radius 3 is 2.95 bits per heavy atom. The molecule has 3 rings (SSSR count). The van der Waals surface area contributed by atoms with Crippen LogP contribution in [-0.2, 0) is 0 Å². The van der Waals surface area contributed by atoms with Crippen molar-refractivity contribution in [3.8, 4) is 5.82 Å². The predicted octanol–water partition coefficient (Wildman–Crippen LogP) is -0.0690. The average Bonchev–Trinajstić information content (AvgIpc) is 3.10. The van der Waals surface area contributed by atoms with Crippen LogP contribution in [0, 0.1) is 0 Å². The predicted molar refractivity (Wildman–Crippen MR) is 68.5 cm³/mol. The highest BCUT2D eigenvalue weighted by Crippen LogP contribution is 2.08. The lowest BCUT2D eigenvalue weighted by Gasteiger charge is -2.04. The zero-order valence-corrected chi connectivity index (χ0v) is 10.1. The lowest BCUT2D eigenvalue weighted by Crippen LogP contribution is -2.15. The second kappa shape index (κ2) is 4.80. The lowest BCUT2D eigenvalue weighted by atomic mass is 10.4. The average molecular weight is 271 g/mol. The maximum Gasteiger partial charge on any atom is 0.323 e. The van der Waals surface area contributed by atoms with Crippen molar-refractivity contribution in [2.24, 2.45) is 0 Å². The number of H-pyrrole nitrogens is 2. The van der Waals surface area contributed by atoms with Crippen molar-refractivity contribution >= 4 is 11.7 Å². The van der Waals surface area contributed by atoms with Crippen LogP contribution in [0.4, 0.5) is 5.82 Å². The van der Waals surface area contributed by atoms with Crippen LogP contribution >= 0.6 is 0 Å². The third-order valence-electron chi connectivity index (χ3n) is 2.47. The van der Waals surface area contributed by atoms with Gasteiger partial charge in [0, 0.05) is 24.7 Å². The molecule has 3 N–H and O–H groups in total. The van der Waals surface area contributed by atoms with Gasteiger partial charge in [-0.1, -0.05) is 0 Å². The van der Waals surface area contributed by atoms with Gasteiger partial charge in [0.25, 0.3) is 5.91 Å². The Bertz CT molecular complexity index is 787. The Balaban J connectivity index is 1.83. The Hall–Kier alpha value is -3.23. The van der Waals surface area contributed by atoms with E-state index < -0.39 is 11.6 Å². The van der Waals surface area contributed by atoms with Crippen LogP contribution in [0.15, 0.2) is 41.8 Å². The number of aromatic amines is 2. The molecule has 3 heterocycles. The maximum atomic E-state index is 11.8. The second-order valence-electron chi connectivity index (χ2n) is 3.82. The number of hydrogen-bond acceptors (Lipinski definition) is 5. The molecule has 3 aromatic rings. The van der Waals surface area contributed by atoms with Crippen LogP contribution in [0.5, 0.6) is 0 Å². The smallest absolute Gasteiger partial charge is 0.312 e. The van der Waals surface area contributed by atoms with Crippen molar-refractivity contribution in [2.45, 2.75) is 0 Å². The van der Waals surface area contributed by atoms with Crippen LogP contribution in [0.1, 0.15) is 10.5 Å². The molecule has 0 aliphatic heterocycles. The molecule has 1 amide bonds. The Morgan fingerprint density at radius 2 is 2.25 bits per heavy atom. The number of aromatic nitrogens is 6. The van der Waals surface area contributed by atoms with Gasteiger partial charge >= 0.3 is 5.69 Å².